The Kier molecular flexibility index (Phi) is 9.15. The highest BCUT2D eigenvalue weighted by molar-refractivity contribution is 5.76. The molecule has 20 heavy (non-hydrogen) atoms. The van der Waals surface area contributed by atoms with Gasteiger partial charge < -0.3 is 19.7 Å². The van der Waals surface area contributed by atoms with Gasteiger partial charge in [-0.05, 0) is 12.8 Å². The van der Waals surface area contributed by atoms with Crippen molar-refractivity contribution in [2.45, 2.75) is 26.2 Å². The van der Waals surface area contributed by atoms with E-state index in [-0.39, 0.29) is 23.9 Å². The highest BCUT2D eigenvalue weighted by Gasteiger charge is 2.18. The minimum atomic E-state index is -0.366. The number of rotatable bonds is 8. The number of ether oxygens (including phenoxy) is 2. The van der Waals surface area contributed by atoms with Crippen LogP contribution in [0, 0.1) is 5.92 Å². The molecule has 0 aromatic rings. The number of amides is 2. The number of urea groups is 1. The average Bonchev–Trinajstić information content (AvgIpc) is 2.44. The van der Waals surface area contributed by atoms with E-state index in [1.807, 2.05) is 0 Å². The van der Waals surface area contributed by atoms with Crippen molar-refractivity contribution in [3.05, 3.63) is 0 Å². The van der Waals surface area contributed by atoms with Crippen LogP contribution < -0.4 is 5.32 Å². The molecule has 1 unspecified atom stereocenters. The van der Waals surface area contributed by atoms with Crippen molar-refractivity contribution in [1.29, 1.82) is 0 Å². The first-order valence-corrected chi connectivity index (χ1v) is 6.56. The second-order valence-electron chi connectivity index (χ2n) is 4.57. The summed E-state index contributed by atoms with van der Waals surface area (Å²) in [6.07, 6.45) is 1.71. The first kappa shape index (κ1) is 18.2. The molecule has 0 aromatic heterocycles. The maximum atomic E-state index is 11.7. The van der Waals surface area contributed by atoms with E-state index in [0.717, 1.165) is 0 Å². The minimum Gasteiger partial charge on any atom is -0.469 e. The van der Waals surface area contributed by atoms with Gasteiger partial charge in [0.2, 0.25) is 0 Å². The predicted molar refractivity (Wildman–Crippen MR) is 73.1 cm³/mol. The third kappa shape index (κ3) is 7.60. The second-order valence-corrected chi connectivity index (χ2v) is 4.57. The highest BCUT2D eigenvalue weighted by Crippen LogP contribution is 2.01. The van der Waals surface area contributed by atoms with Gasteiger partial charge in [0, 0.05) is 26.6 Å². The van der Waals surface area contributed by atoms with Crippen LogP contribution >= 0.6 is 0 Å². The number of esters is 2. The van der Waals surface area contributed by atoms with Crippen LogP contribution in [0.3, 0.4) is 0 Å². The fraction of sp³-hybridized carbons (Fsp3) is 0.769. The summed E-state index contributed by atoms with van der Waals surface area (Å²) in [5.41, 5.74) is 0. The SMILES string of the molecule is COC(=O)CCCCNC(=O)N(C)CC(C)C(=O)OC. The van der Waals surface area contributed by atoms with Crippen molar-refractivity contribution in [3.63, 3.8) is 0 Å². The van der Waals surface area contributed by atoms with Gasteiger partial charge in [-0.15, -0.1) is 0 Å². The largest absolute Gasteiger partial charge is 0.469 e. The number of nitrogens with one attached hydrogen (secondary N) is 1. The maximum absolute atomic E-state index is 11.7. The van der Waals surface area contributed by atoms with E-state index in [4.69, 9.17) is 0 Å². The zero-order valence-corrected chi connectivity index (χ0v) is 12.6. The molecule has 0 aliphatic carbocycles. The topological polar surface area (TPSA) is 84.9 Å². The third-order valence-electron chi connectivity index (χ3n) is 2.81. The number of carbonyl (C=O) groups excluding carboxylic acids is 3. The maximum Gasteiger partial charge on any atom is 0.317 e. The number of nitrogens with zero attached hydrogens (tertiary/aromatic N) is 1. The standard InChI is InChI=1S/C13H24N2O5/c1-10(12(17)20-4)9-15(2)13(18)14-8-6-5-7-11(16)19-3/h10H,5-9H2,1-4H3,(H,14,18). The molecule has 0 heterocycles. The number of carbonyl (C=O) groups is 3. The van der Waals surface area contributed by atoms with Gasteiger partial charge in [-0.25, -0.2) is 4.79 Å². The monoisotopic (exact) mass is 288 g/mol. The van der Waals surface area contributed by atoms with E-state index >= 15 is 0 Å². The van der Waals surface area contributed by atoms with E-state index in [0.29, 0.717) is 32.4 Å². The Hall–Kier alpha value is -1.79. The summed E-state index contributed by atoms with van der Waals surface area (Å²) in [5.74, 6) is -0.960. The molecule has 7 nitrogen and oxygen atoms in total. The first-order valence-electron chi connectivity index (χ1n) is 6.56. The minimum absolute atomic E-state index is 0.250. The van der Waals surface area contributed by atoms with E-state index in [1.54, 1.807) is 14.0 Å². The Labute approximate surface area is 119 Å². The van der Waals surface area contributed by atoms with E-state index in [1.165, 1.54) is 19.1 Å². The van der Waals surface area contributed by atoms with Crippen LogP contribution in [-0.4, -0.2) is 57.2 Å². The molecule has 0 spiro atoms. The van der Waals surface area contributed by atoms with Crippen LogP contribution in [0.5, 0.6) is 0 Å². The zero-order chi connectivity index (χ0) is 15.5. The van der Waals surface area contributed by atoms with Gasteiger partial charge in [0.1, 0.15) is 0 Å². The van der Waals surface area contributed by atoms with Crippen molar-refractivity contribution in [2.75, 3.05) is 34.4 Å². The van der Waals surface area contributed by atoms with Gasteiger partial charge >= 0.3 is 18.0 Å². The van der Waals surface area contributed by atoms with Crippen molar-refractivity contribution < 1.29 is 23.9 Å². The molecule has 0 saturated heterocycles. The normalized spacial score (nSPS) is 11.4. The fourth-order valence-corrected chi connectivity index (χ4v) is 1.60. The molecule has 0 aliphatic heterocycles. The van der Waals surface area contributed by atoms with Gasteiger partial charge in [0.05, 0.1) is 20.1 Å². The molecule has 2 amide bonds. The number of unbranched alkanes of at least 4 members (excludes halogenated alkanes) is 1. The van der Waals surface area contributed by atoms with E-state index in [9.17, 15) is 14.4 Å². The van der Waals surface area contributed by atoms with Crippen molar-refractivity contribution in [3.8, 4) is 0 Å². The quantitative estimate of drug-likeness (QED) is 0.527. The molecular formula is C13H24N2O5. The molecule has 7 heteroatoms. The van der Waals surface area contributed by atoms with Gasteiger partial charge in [-0.1, -0.05) is 6.92 Å². The Bertz CT molecular complexity index is 333. The Balaban J connectivity index is 3.80. The molecule has 0 fully saturated rings. The summed E-state index contributed by atoms with van der Waals surface area (Å²) in [6.45, 7) is 2.47. The molecule has 0 aromatic carbocycles. The lowest BCUT2D eigenvalue weighted by Gasteiger charge is -2.20. The molecule has 0 saturated carbocycles. The fourth-order valence-electron chi connectivity index (χ4n) is 1.60. The summed E-state index contributed by atoms with van der Waals surface area (Å²) < 4.78 is 9.11. The smallest absolute Gasteiger partial charge is 0.317 e. The molecule has 116 valence electrons. The van der Waals surface area contributed by atoms with Gasteiger partial charge in [-0.2, -0.15) is 0 Å². The van der Waals surface area contributed by atoms with Crippen LogP contribution in [-0.2, 0) is 19.1 Å². The van der Waals surface area contributed by atoms with Gasteiger partial charge in [0.15, 0.2) is 0 Å². The Morgan fingerprint density at radius 2 is 1.80 bits per heavy atom. The van der Waals surface area contributed by atoms with Crippen molar-refractivity contribution in [2.24, 2.45) is 5.92 Å². The van der Waals surface area contributed by atoms with Crippen LogP contribution in [0.15, 0.2) is 0 Å². The number of hydrogen-bond acceptors (Lipinski definition) is 5. The highest BCUT2D eigenvalue weighted by atomic mass is 16.5. The Morgan fingerprint density at radius 3 is 2.35 bits per heavy atom. The summed E-state index contributed by atoms with van der Waals surface area (Å²) in [7, 11) is 4.28. The van der Waals surface area contributed by atoms with Crippen molar-refractivity contribution >= 4 is 18.0 Å². The molecule has 1 atom stereocenters. The lowest BCUT2D eigenvalue weighted by molar-refractivity contribution is -0.145. The molecule has 0 aliphatic rings. The number of hydrogen-bond donors (Lipinski definition) is 1. The molecule has 0 radical (unpaired) electrons. The summed E-state index contributed by atoms with van der Waals surface area (Å²) >= 11 is 0. The predicted octanol–water partition coefficient (Wildman–Crippen LogP) is 0.780. The van der Waals surface area contributed by atoms with Gasteiger partial charge in [0.25, 0.3) is 0 Å². The Morgan fingerprint density at radius 1 is 1.15 bits per heavy atom. The average molecular weight is 288 g/mol. The molecule has 0 bridgehead atoms. The van der Waals surface area contributed by atoms with Gasteiger partial charge in [-0.3, -0.25) is 9.59 Å². The van der Waals surface area contributed by atoms with E-state index in [2.05, 4.69) is 14.8 Å². The first-order chi connectivity index (χ1) is 9.42. The van der Waals surface area contributed by atoms with Crippen LogP contribution in [0.1, 0.15) is 26.2 Å². The summed E-state index contributed by atoms with van der Waals surface area (Å²) in [5, 5.41) is 2.72. The lowest BCUT2D eigenvalue weighted by atomic mass is 10.2. The van der Waals surface area contributed by atoms with Crippen LogP contribution in [0.25, 0.3) is 0 Å². The molecule has 0 rings (SSSR count). The van der Waals surface area contributed by atoms with Crippen molar-refractivity contribution in [1.82, 2.24) is 10.2 Å². The van der Waals surface area contributed by atoms with Crippen LogP contribution in [0.4, 0.5) is 4.79 Å². The summed E-state index contributed by atoms with van der Waals surface area (Å²) in [6, 6.07) is -0.251. The second kappa shape index (κ2) is 10.1. The lowest BCUT2D eigenvalue weighted by Crippen LogP contribution is -2.41. The number of methoxy groups -OCH3 is 2. The molecule has 1 N–H and O–H groups in total. The van der Waals surface area contributed by atoms with Crippen LogP contribution in [0.2, 0.25) is 0 Å². The molecular weight excluding hydrogens is 264 g/mol. The third-order valence-corrected chi connectivity index (χ3v) is 2.81. The van der Waals surface area contributed by atoms with E-state index < -0.39 is 0 Å². The summed E-state index contributed by atoms with van der Waals surface area (Å²) in [4.78, 5) is 35.3. The zero-order valence-electron chi connectivity index (χ0n) is 12.6.